The fourth-order valence-electron chi connectivity index (χ4n) is 2.17. The third kappa shape index (κ3) is 2.40. The highest BCUT2D eigenvalue weighted by Gasteiger charge is 2.25. The topological polar surface area (TPSA) is 84.7 Å². The molecule has 1 aromatic carbocycles. The zero-order valence-electron chi connectivity index (χ0n) is 10.5. The maximum atomic E-state index is 12.1. The molecule has 1 unspecified atom stereocenters. The number of para-hydroxylation sites is 1. The molecule has 1 amide bonds. The molecule has 1 aromatic heterocycles. The summed E-state index contributed by atoms with van der Waals surface area (Å²) in [6, 6.07) is 8.01. The van der Waals surface area contributed by atoms with Gasteiger partial charge in [-0.15, -0.1) is 5.10 Å². The lowest BCUT2D eigenvalue weighted by molar-refractivity contribution is -0.119. The highest BCUT2D eigenvalue weighted by molar-refractivity contribution is 5.92. The van der Waals surface area contributed by atoms with Gasteiger partial charge in [0.1, 0.15) is 0 Å². The summed E-state index contributed by atoms with van der Waals surface area (Å²) in [7, 11) is 1.65. The summed E-state index contributed by atoms with van der Waals surface area (Å²) in [6.45, 7) is 0.614. The van der Waals surface area contributed by atoms with E-state index in [1.165, 1.54) is 4.80 Å². The van der Waals surface area contributed by atoms with Crippen molar-refractivity contribution in [3.8, 4) is 0 Å². The van der Waals surface area contributed by atoms with Crippen LogP contribution in [0.4, 0.5) is 11.6 Å². The number of carbonyl (C=O) groups excluding carboxylic acids is 1. The molecule has 0 fully saturated rings. The van der Waals surface area contributed by atoms with Crippen molar-refractivity contribution in [3.05, 3.63) is 29.8 Å². The standard InChI is InChI=1S/C12H14N6O/c1-18-16-12(15-17-18)14-11(19)9-6-8-4-2-3-5-10(8)13-7-9/h2-5,9,13H,6-7H2,1H3,(H,14,16,19). The van der Waals surface area contributed by atoms with Crippen molar-refractivity contribution in [3.63, 3.8) is 0 Å². The van der Waals surface area contributed by atoms with E-state index < -0.39 is 0 Å². The lowest BCUT2D eigenvalue weighted by Crippen LogP contribution is -2.34. The molecule has 2 heterocycles. The minimum Gasteiger partial charge on any atom is -0.384 e. The summed E-state index contributed by atoms with van der Waals surface area (Å²) in [5, 5.41) is 17.3. The van der Waals surface area contributed by atoms with Gasteiger partial charge in [0.05, 0.1) is 13.0 Å². The zero-order valence-corrected chi connectivity index (χ0v) is 10.5. The Labute approximate surface area is 110 Å². The minimum atomic E-state index is -0.126. The molecule has 2 N–H and O–H groups in total. The number of rotatable bonds is 2. The normalized spacial score (nSPS) is 17.4. The number of benzene rings is 1. The molecular weight excluding hydrogens is 244 g/mol. The second-order valence-corrected chi connectivity index (χ2v) is 4.53. The third-order valence-corrected chi connectivity index (χ3v) is 3.14. The van der Waals surface area contributed by atoms with Crippen LogP contribution in [0.2, 0.25) is 0 Å². The van der Waals surface area contributed by atoms with E-state index in [9.17, 15) is 4.79 Å². The number of carbonyl (C=O) groups is 1. The lowest BCUT2D eigenvalue weighted by Gasteiger charge is -2.24. The Morgan fingerprint density at radius 1 is 1.47 bits per heavy atom. The molecule has 0 aliphatic carbocycles. The molecule has 0 radical (unpaired) electrons. The first kappa shape index (κ1) is 11.6. The van der Waals surface area contributed by atoms with Crippen LogP contribution in [0, 0.1) is 5.92 Å². The van der Waals surface area contributed by atoms with E-state index in [4.69, 9.17) is 0 Å². The maximum Gasteiger partial charge on any atom is 0.270 e. The van der Waals surface area contributed by atoms with Crippen LogP contribution in [-0.2, 0) is 18.3 Å². The third-order valence-electron chi connectivity index (χ3n) is 3.14. The molecule has 98 valence electrons. The van der Waals surface area contributed by atoms with Crippen molar-refractivity contribution in [2.24, 2.45) is 13.0 Å². The molecule has 7 heteroatoms. The first-order chi connectivity index (χ1) is 9.22. The van der Waals surface area contributed by atoms with E-state index in [2.05, 4.69) is 26.0 Å². The Hall–Kier alpha value is -2.44. The highest BCUT2D eigenvalue weighted by atomic mass is 16.2. The summed E-state index contributed by atoms with van der Waals surface area (Å²) in [6.07, 6.45) is 0.718. The zero-order chi connectivity index (χ0) is 13.2. The van der Waals surface area contributed by atoms with Gasteiger partial charge in [-0.3, -0.25) is 10.1 Å². The predicted molar refractivity (Wildman–Crippen MR) is 69.6 cm³/mol. The Kier molecular flexibility index (Phi) is 2.86. The number of anilines is 2. The highest BCUT2D eigenvalue weighted by Crippen LogP contribution is 2.24. The average molecular weight is 258 g/mol. The molecule has 1 aliphatic heterocycles. The van der Waals surface area contributed by atoms with Crippen molar-refractivity contribution in [2.75, 3.05) is 17.2 Å². The largest absolute Gasteiger partial charge is 0.384 e. The van der Waals surface area contributed by atoms with Crippen LogP contribution in [0.15, 0.2) is 24.3 Å². The molecule has 3 rings (SSSR count). The van der Waals surface area contributed by atoms with Crippen molar-refractivity contribution in [1.82, 2.24) is 20.2 Å². The molecule has 19 heavy (non-hydrogen) atoms. The van der Waals surface area contributed by atoms with Gasteiger partial charge in [-0.2, -0.15) is 4.80 Å². The van der Waals surface area contributed by atoms with Gasteiger partial charge in [0.15, 0.2) is 0 Å². The number of tetrazole rings is 1. The summed E-state index contributed by atoms with van der Waals surface area (Å²) < 4.78 is 0. The van der Waals surface area contributed by atoms with Crippen LogP contribution < -0.4 is 10.6 Å². The first-order valence-corrected chi connectivity index (χ1v) is 6.09. The number of nitrogens with one attached hydrogen (secondary N) is 2. The monoisotopic (exact) mass is 258 g/mol. The fraction of sp³-hybridized carbons (Fsp3) is 0.333. The fourth-order valence-corrected chi connectivity index (χ4v) is 2.17. The Balaban J connectivity index is 1.69. The van der Waals surface area contributed by atoms with E-state index in [0.29, 0.717) is 6.54 Å². The van der Waals surface area contributed by atoms with Gasteiger partial charge in [0.2, 0.25) is 5.91 Å². The summed E-state index contributed by atoms with van der Waals surface area (Å²) in [5.74, 6) is 0.0278. The Morgan fingerprint density at radius 3 is 3.11 bits per heavy atom. The average Bonchev–Trinajstić information content (AvgIpc) is 2.83. The van der Waals surface area contributed by atoms with Crippen molar-refractivity contribution >= 4 is 17.5 Å². The van der Waals surface area contributed by atoms with Crippen molar-refractivity contribution < 1.29 is 4.79 Å². The SMILES string of the molecule is Cn1nnc(NC(=O)C2CNc3ccccc3C2)n1. The lowest BCUT2D eigenvalue weighted by atomic mass is 9.93. The van der Waals surface area contributed by atoms with Gasteiger partial charge in [0, 0.05) is 12.2 Å². The number of nitrogens with zero attached hydrogens (tertiary/aromatic N) is 4. The van der Waals surface area contributed by atoms with Crippen molar-refractivity contribution in [1.29, 1.82) is 0 Å². The van der Waals surface area contributed by atoms with Crippen LogP contribution >= 0.6 is 0 Å². The number of hydrogen-bond donors (Lipinski definition) is 2. The van der Waals surface area contributed by atoms with E-state index in [-0.39, 0.29) is 17.8 Å². The number of amides is 1. The summed E-state index contributed by atoms with van der Waals surface area (Å²) in [5.41, 5.74) is 2.25. The molecule has 0 bridgehead atoms. The molecule has 0 spiro atoms. The predicted octanol–water partition coefficient (Wildman–Crippen LogP) is 0.433. The van der Waals surface area contributed by atoms with Crippen LogP contribution in [0.3, 0.4) is 0 Å². The molecule has 0 saturated carbocycles. The molecular formula is C12H14N6O. The number of hydrogen-bond acceptors (Lipinski definition) is 5. The van der Waals surface area contributed by atoms with Crippen molar-refractivity contribution in [2.45, 2.75) is 6.42 Å². The molecule has 0 saturated heterocycles. The smallest absolute Gasteiger partial charge is 0.270 e. The van der Waals surface area contributed by atoms with Gasteiger partial charge < -0.3 is 5.32 Å². The van der Waals surface area contributed by atoms with Gasteiger partial charge in [-0.25, -0.2) is 0 Å². The van der Waals surface area contributed by atoms with Gasteiger partial charge in [-0.05, 0) is 23.3 Å². The molecule has 2 aromatic rings. The van der Waals surface area contributed by atoms with Crippen LogP contribution in [-0.4, -0.2) is 32.7 Å². The second kappa shape index (κ2) is 4.68. The van der Waals surface area contributed by atoms with Gasteiger partial charge in [0.25, 0.3) is 5.95 Å². The minimum absolute atomic E-state index is 0.0880. The second-order valence-electron chi connectivity index (χ2n) is 4.53. The molecule has 1 aliphatic rings. The number of aryl methyl sites for hydroxylation is 1. The first-order valence-electron chi connectivity index (χ1n) is 6.09. The summed E-state index contributed by atoms with van der Waals surface area (Å²) in [4.78, 5) is 13.4. The van der Waals surface area contributed by atoms with E-state index >= 15 is 0 Å². The Morgan fingerprint density at radius 2 is 2.32 bits per heavy atom. The maximum absolute atomic E-state index is 12.1. The number of fused-ring (bicyclic) bond motifs is 1. The Bertz CT molecular complexity index is 608. The van der Waals surface area contributed by atoms with Gasteiger partial charge >= 0.3 is 0 Å². The van der Waals surface area contributed by atoms with E-state index in [0.717, 1.165) is 17.7 Å². The van der Waals surface area contributed by atoms with Crippen LogP contribution in [0.1, 0.15) is 5.56 Å². The van der Waals surface area contributed by atoms with E-state index in [1.54, 1.807) is 7.05 Å². The van der Waals surface area contributed by atoms with Crippen LogP contribution in [0.5, 0.6) is 0 Å². The van der Waals surface area contributed by atoms with Gasteiger partial charge in [-0.1, -0.05) is 23.3 Å². The molecule has 1 atom stereocenters. The molecule has 7 nitrogen and oxygen atoms in total. The summed E-state index contributed by atoms with van der Waals surface area (Å²) >= 11 is 0. The number of aromatic nitrogens is 4. The van der Waals surface area contributed by atoms with Crippen LogP contribution in [0.25, 0.3) is 0 Å². The van der Waals surface area contributed by atoms with E-state index in [1.807, 2.05) is 24.3 Å². The quantitative estimate of drug-likeness (QED) is 0.816.